The molecule has 268 valence electrons. The monoisotopic (exact) mass is 713 g/mol. The first-order chi connectivity index (χ1) is 27.0. The van der Waals surface area contributed by atoms with Crippen LogP contribution in [-0.2, 0) is 25.7 Å². The minimum atomic E-state index is -0.00900. The molecular weight excluding hydrogens is 671 g/mol. The van der Waals surface area contributed by atoms with Crippen molar-refractivity contribution in [1.82, 2.24) is 15.0 Å². The maximum absolute atomic E-state index is 13.7. The number of aryl methyl sites for hydroxylation is 6. The Balaban J connectivity index is 1.12. The van der Waals surface area contributed by atoms with E-state index in [-0.39, 0.29) is 5.43 Å². The summed E-state index contributed by atoms with van der Waals surface area (Å²) in [6.45, 7) is 4.36. The number of aromatic nitrogens is 3. The Morgan fingerprint density at radius 2 is 0.927 bits per heavy atom. The maximum Gasteiger partial charge on any atom is 0.190 e. The van der Waals surface area contributed by atoms with Crippen molar-refractivity contribution < 1.29 is 0 Å². The summed E-state index contributed by atoms with van der Waals surface area (Å²) in [5.41, 5.74) is 17.3. The summed E-state index contributed by atoms with van der Waals surface area (Å²) >= 11 is 0. The predicted molar refractivity (Wildman–Crippen MR) is 227 cm³/mol. The van der Waals surface area contributed by atoms with E-state index in [0.29, 0.717) is 5.56 Å². The Labute approximate surface area is 323 Å². The topological polar surface area (TPSA) is 58.6 Å². The summed E-state index contributed by atoms with van der Waals surface area (Å²) in [6.07, 6.45) is 9.43. The standard InChI is InChI=1S/C51H43N3O/c1-35-26-48(39-14-6-3-7-15-39)52-32-42(35)24-22-37-28-38(23-25-43-33-53-49(27-36(43)2)40-16-8-4-9-17-40)30-44(29-37)45-20-12-13-21-46(45)47-34-54-50(31-51(47)55)41-18-10-5-11-19-41/h3-21,26-34H,22-25H2,1-2H3,(H,54,55). The predicted octanol–water partition coefficient (Wildman–Crippen LogP) is 11.7. The maximum atomic E-state index is 13.7. The fraction of sp³-hybridized carbons (Fsp3) is 0.118. The van der Waals surface area contributed by atoms with E-state index in [1.807, 2.05) is 67.1 Å². The van der Waals surface area contributed by atoms with Crippen LogP contribution in [0.25, 0.3) is 56.0 Å². The molecular formula is C51H43N3O. The lowest BCUT2D eigenvalue weighted by atomic mass is 9.90. The van der Waals surface area contributed by atoms with Crippen molar-refractivity contribution in [1.29, 1.82) is 0 Å². The highest BCUT2D eigenvalue weighted by Gasteiger charge is 2.14. The Kier molecular flexibility index (Phi) is 10.4. The first-order valence-electron chi connectivity index (χ1n) is 19.0. The summed E-state index contributed by atoms with van der Waals surface area (Å²) in [6, 6.07) is 52.0. The number of aromatic amines is 1. The van der Waals surface area contributed by atoms with Crippen molar-refractivity contribution in [2.45, 2.75) is 39.5 Å². The van der Waals surface area contributed by atoms with Crippen LogP contribution in [0.3, 0.4) is 0 Å². The van der Waals surface area contributed by atoms with Gasteiger partial charge in [-0.1, -0.05) is 133 Å². The third kappa shape index (κ3) is 8.14. The van der Waals surface area contributed by atoms with Crippen LogP contribution in [0, 0.1) is 13.8 Å². The molecule has 55 heavy (non-hydrogen) atoms. The van der Waals surface area contributed by atoms with Gasteiger partial charge in [0, 0.05) is 47.0 Å². The van der Waals surface area contributed by atoms with Gasteiger partial charge in [-0.3, -0.25) is 14.8 Å². The summed E-state index contributed by atoms with van der Waals surface area (Å²) in [5.74, 6) is 0. The quantitative estimate of drug-likeness (QED) is 0.145. The zero-order valence-electron chi connectivity index (χ0n) is 31.3. The van der Waals surface area contributed by atoms with E-state index in [0.717, 1.165) is 76.1 Å². The number of rotatable bonds is 11. The second-order valence-corrected chi connectivity index (χ2v) is 14.3. The number of nitrogens with one attached hydrogen (secondary N) is 1. The molecule has 0 aliphatic carbocycles. The fourth-order valence-corrected chi connectivity index (χ4v) is 7.43. The minimum absolute atomic E-state index is 0.00900. The molecule has 0 aliphatic heterocycles. The van der Waals surface area contributed by atoms with Crippen LogP contribution in [0.15, 0.2) is 175 Å². The van der Waals surface area contributed by atoms with Crippen LogP contribution in [0.4, 0.5) is 0 Å². The molecule has 3 aromatic heterocycles. The molecule has 0 radical (unpaired) electrons. The van der Waals surface area contributed by atoms with Gasteiger partial charge >= 0.3 is 0 Å². The first-order valence-corrected chi connectivity index (χ1v) is 19.0. The van der Waals surface area contributed by atoms with E-state index in [2.05, 4.69) is 116 Å². The molecule has 0 saturated heterocycles. The Hall–Kier alpha value is -6.65. The van der Waals surface area contributed by atoms with Gasteiger partial charge in [-0.25, -0.2) is 0 Å². The van der Waals surface area contributed by atoms with Gasteiger partial charge in [0.05, 0.1) is 11.4 Å². The molecule has 0 amide bonds. The van der Waals surface area contributed by atoms with Crippen LogP contribution in [0.2, 0.25) is 0 Å². The third-order valence-electron chi connectivity index (χ3n) is 10.5. The van der Waals surface area contributed by atoms with Gasteiger partial charge < -0.3 is 4.98 Å². The molecule has 8 aromatic rings. The molecule has 5 aromatic carbocycles. The molecule has 1 N–H and O–H groups in total. The van der Waals surface area contributed by atoms with E-state index >= 15 is 0 Å². The first kappa shape index (κ1) is 35.4. The van der Waals surface area contributed by atoms with Crippen molar-refractivity contribution >= 4 is 0 Å². The average molecular weight is 714 g/mol. The molecule has 0 unspecified atom stereocenters. The second kappa shape index (κ2) is 16.2. The van der Waals surface area contributed by atoms with Crippen LogP contribution >= 0.6 is 0 Å². The Morgan fingerprint density at radius 1 is 0.455 bits per heavy atom. The van der Waals surface area contributed by atoms with Crippen LogP contribution in [-0.4, -0.2) is 15.0 Å². The van der Waals surface area contributed by atoms with Gasteiger partial charge in [0.15, 0.2) is 5.43 Å². The van der Waals surface area contributed by atoms with Gasteiger partial charge in [0.25, 0.3) is 0 Å². The summed E-state index contributed by atoms with van der Waals surface area (Å²) < 4.78 is 0. The minimum Gasteiger partial charge on any atom is -0.360 e. The number of H-pyrrole nitrogens is 1. The largest absolute Gasteiger partial charge is 0.360 e. The van der Waals surface area contributed by atoms with Gasteiger partial charge in [0.2, 0.25) is 0 Å². The third-order valence-corrected chi connectivity index (χ3v) is 10.5. The number of nitrogens with zero attached hydrogens (tertiary/aromatic N) is 2. The van der Waals surface area contributed by atoms with E-state index in [1.165, 1.54) is 33.4 Å². The molecule has 4 heteroatoms. The van der Waals surface area contributed by atoms with Crippen LogP contribution < -0.4 is 5.43 Å². The molecule has 0 bridgehead atoms. The molecule has 0 fully saturated rings. The fourth-order valence-electron chi connectivity index (χ4n) is 7.43. The van der Waals surface area contributed by atoms with E-state index < -0.39 is 0 Å². The molecule has 0 spiro atoms. The normalized spacial score (nSPS) is 11.1. The zero-order valence-corrected chi connectivity index (χ0v) is 31.3. The van der Waals surface area contributed by atoms with Gasteiger partial charge in [-0.05, 0) is 107 Å². The zero-order chi connectivity index (χ0) is 37.6. The van der Waals surface area contributed by atoms with Crippen molar-refractivity contribution in [3.8, 4) is 56.0 Å². The van der Waals surface area contributed by atoms with Crippen molar-refractivity contribution in [3.05, 3.63) is 214 Å². The number of hydrogen-bond donors (Lipinski definition) is 1. The molecule has 0 atom stereocenters. The lowest BCUT2D eigenvalue weighted by Crippen LogP contribution is -2.06. The van der Waals surface area contributed by atoms with Crippen LogP contribution in [0.1, 0.15) is 33.4 Å². The highest BCUT2D eigenvalue weighted by Crippen LogP contribution is 2.33. The lowest BCUT2D eigenvalue weighted by Gasteiger charge is -2.15. The second-order valence-electron chi connectivity index (χ2n) is 14.3. The van der Waals surface area contributed by atoms with Crippen molar-refractivity contribution in [2.75, 3.05) is 0 Å². The highest BCUT2D eigenvalue weighted by molar-refractivity contribution is 5.84. The van der Waals surface area contributed by atoms with Gasteiger partial charge in [0.1, 0.15) is 0 Å². The molecule has 0 aliphatic rings. The Morgan fingerprint density at radius 3 is 1.42 bits per heavy atom. The van der Waals surface area contributed by atoms with Gasteiger partial charge in [-0.2, -0.15) is 0 Å². The highest BCUT2D eigenvalue weighted by atomic mass is 16.1. The summed E-state index contributed by atoms with van der Waals surface area (Å²) in [4.78, 5) is 26.8. The van der Waals surface area contributed by atoms with Crippen LogP contribution in [0.5, 0.6) is 0 Å². The summed E-state index contributed by atoms with van der Waals surface area (Å²) in [7, 11) is 0. The summed E-state index contributed by atoms with van der Waals surface area (Å²) in [5, 5.41) is 0. The van der Waals surface area contributed by atoms with E-state index in [1.54, 1.807) is 6.07 Å². The van der Waals surface area contributed by atoms with E-state index in [9.17, 15) is 4.79 Å². The molecule has 4 nitrogen and oxygen atoms in total. The molecule has 3 heterocycles. The smallest absolute Gasteiger partial charge is 0.190 e. The lowest BCUT2D eigenvalue weighted by molar-refractivity contribution is 0.913. The van der Waals surface area contributed by atoms with Crippen molar-refractivity contribution in [2.24, 2.45) is 0 Å². The van der Waals surface area contributed by atoms with Gasteiger partial charge in [-0.15, -0.1) is 0 Å². The SMILES string of the molecule is Cc1cc(-c2ccccc2)ncc1CCc1cc(CCc2cnc(-c3ccccc3)cc2C)cc(-c2ccccc2-c2c[nH]c(-c3ccccc3)cc2=O)c1. The Bertz CT molecular complexity index is 2520. The van der Waals surface area contributed by atoms with E-state index in [4.69, 9.17) is 9.97 Å². The molecule has 0 saturated carbocycles. The van der Waals surface area contributed by atoms with Crippen molar-refractivity contribution in [3.63, 3.8) is 0 Å². The number of pyridine rings is 3. The number of benzene rings is 5. The molecule has 8 rings (SSSR count). The number of hydrogen-bond acceptors (Lipinski definition) is 3. The average Bonchev–Trinajstić information content (AvgIpc) is 3.23.